The first-order chi connectivity index (χ1) is 11.1. The van der Waals surface area contributed by atoms with E-state index in [4.69, 9.17) is 0 Å². The maximum atomic E-state index is 11.6. The van der Waals surface area contributed by atoms with Crippen LogP contribution in [0.15, 0.2) is 12.7 Å². The zero-order chi connectivity index (χ0) is 18.9. The molecule has 7 nitrogen and oxygen atoms in total. The molecule has 0 heterocycles. The van der Waals surface area contributed by atoms with E-state index >= 15 is 0 Å². The molecular weight excluding hydrogens is 314 g/mol. The van der Waals surface area contributed by atoms with Gasteiger partial charge in [0, 0.05) is 0 Å². The van der Waals surface area contributed by atoms with Crippen molar-refractivity contribution in [3.8, 4) is 0 Å². The van der Waals surface area contributed by atoms with Gasteiger partial charge in [-0.15, -0.1) is 6.58 Å². The van der Waals surface area contributed by atoms with Crippen LogP contribution in [0.2, 0.25) is 0 Å². The van der Waals surface area contributed by atoms with Crippen LogP contribution in [-0.4, -0.2) is 62.4 Å². The highest BCUT2D eigenvalue weighted by atomic mass is 16.4. The number of carboxylic acid groups (broad SMARTS) is 3. The van der Waals surface area contributed by atoms with Crippen LogP contribution in [0.4, 0.5) is 0 Å². The molecule has 0 radical (unpaired) electrons. The summed E-state index contributed by atoms with van der Waals surface area (Å²) in [5.74, 6) is -3.58. The van der Waals surface area contributed by atoms with Crippen LogP contribution in [0, 0.1) is 0 Å². The maximum absolute atomic E-state index is 11.6. The first-order valence-electron chi connectivity index (χ1n) is 8.29. The van der Waals surface area contributed by atoms with Gasteiger partial charge in [0.15, 0.2) is 18.1 Å². The molecule has 0 rings (SSSR count). The van der Waals surface area contributed by atoms with Gasteiger partial charge in [0.05, 0.1) is 6.54 Å². The lowest BCUT2D eigenvalue weighted by Crippen LogP contribution is -2.70. The zero-order valence-electron chi connectivity index (χ0n) is 14.8. The van der Waals surface area contributed by atoms with Crippen LogP contribution in [0.3, 0.4) is 0 Å². The van der Waals surface area contributed by atoms with E-state index in [0.717, 1.165) is 25.7 Å². The minimum absolute atomic E-state index is 0.197. The molecule has 0 bridgehead atoms. The Bertz CT molecular complexity index is 412. The SMILES string of the molecule is C=CCCCCCC[N+](C(C)C(=O)O)(C(C)C(=O)O)C(C)C(=O)O. The Labute approximate surface area is 143 Å². The summed E-state index contributed by atoms with van der Waals surface area (Å²) in [5.41, 5.74) is 0. The monoisotopic (exact) mass is 344 g/mol. The molecule has 3 atom stereocenters. The number of hydrogen-bond acceptors (Lipinski definition) is 3. The van der Waals surface area contributed by atoms with E-state index in [9.17, 15) is 29.7 Å². The van der Waals surface area contributed by atoms with Gasteiger partial charge in [-0.2, -0.15) is 0 Å². The Kier molecular flexibility index (Phi) is 9.28. The summed E-state index contributed by atoms with van der Waals surface area (Å²) in [7, 11) is 0. The average molecular weight is 344 g/mol. The van der Waals surface area contributed by atoms with E-state index in [-0.39, 0.29) is 6.54 Å². The van der Waals surface area contributed by atoms with Gasteiger partial charge in [0.2, 0.25) is 0 Å². The lowest BCUT2D eigenvalue weighted by atomic mass is 10.00. The van der Waals surface area contributed by atoms with Crippen molar-refractivity contribution in [1.29, 1.82) is 0 Å². The minimum Gasteiger partial charge on any atom is -0.477 e. The first kappa shape index (κ1) is 22.1. The molecule has 0 aromatic rings. The number of carbonyl (C=O) groups is 3. The summed E-state index contributed by atoms with van der Waals surface area (Å²) in [6.45, 7) is 8.01. The van der Waals surface area contributed by atoms with E-state index in [1.807, 2.05) is 6.08 Å². The largest absolute Gasteiger partial charge is 0.477 e. The van der Waals surface area contributed by atoms with Gasteiger partial charge in [-0.3, -0.25) is 4.48 Å². The molecule has 0 aliphatic carbocycles. The number of quaternary nitrogens is 1. The highest BCUT2D eigenvalue weighted by Crippen LogP contribution is 2.27. The summed E-state index contributed by atoms with van der Waals surface area (Å²) >= 11 is 0. The van der Waals surface area contributed by atoms with Crippen LogP contribution >= 0.6 is 0 Å². The van der Waals surface area contributed by atoms with Crippen molar-refractivity contribution < 1.29 is 34.2 Å². The fraction of sp³-hybridized carbons (Fsp3) is 0.706. The van der Waals surface area contributed by atoms with Gasteiger partial charge in [0.25, 0.3) is 0 Å². The molecular formula is C17H30NO6+. The van der Waals surface area contributed by atoms with Crippen LogP contribution in [0.25, 0.3) is 0 Å². The molecule has 138 valence electrons. The van der Waals surface area contributed by atoms with Gasteiger partial charge in [-0.05, 0) is 46.5 Å². The average Bonchev–Trinajstić information content (AvgIpc) is 2.52. The molecule has 0 aromatic heterocycles. The Morgan fingerprint density at radius 2 is 1.21 bits per heavy atom. The predicted octanol–water partition coefficient (Wildman–Crippen LogP) is 2.36. The fourth-order valence-electron chi connectivity index (χ4n) is 3.23. The molecule has 3 unspecified atom stereocenters. The van der Waals surface area contributed by atoms with Crippen molar-refractivity contribution in [3.63, 3.8) is 0 Å². The van der Waals surface area contributed by atoms with Crippen LogP contribution in [-0.2, 0) is 14.4 Å². The lowest BCUT2D eigenvalue weighted by molar-refractivity contribution is -0.968. The van der Waals surface area contributed by atoms with Gasteiger partial charge < -0.3 is 15.3 Å². The second-order valence-corrected chi connectivity index (χ2v) is 6.25. The van der Waals surface area contributed by atoms with E-state index in [0.29, 0.717) is 6.42 Å². The summed E-state index contributed by atoms with van der Waals surface area (Å²) in [6.07, 6.45) is 5.95. The van der Waals surface area contributed by atoms with Crippen LogP contribution in [0.5, 0.6) is 0 Å². The van der Waals surface area contributed by atoms with Crippen molar-refractivity contribution in [2.75, 3.05) is 6.54 Å². The molecule has 0 spiro atoms. The molecule has 3 N–H and O–H groups in total. The van der Waals surface area contributed by atoms with E-state index in [1.54, 1.807) is 0 Å². The number of hydrogen-bond donors (Lipinski definition) is 3. The Hall–Kier alpha value is -1.89. The van der Waals surface area contributed by atoms with Gasteiger partial charge >= 0.3 is 17.9 Å². The molecule has 0 amide bonds. The Balaban J connectivity index is 5.49. The second-order valence-electron chi connectivity index (χ2n) is 6.25. The molecule has 0 aliphatic rings. The van der Waals surface area contributed by atoms with E-state index in [1.165, 1.54) is 20.8 Å². The number of carboxylic acids is 3. The molecule has 0 saturated carbocycles. The lowest BCUT2D eigenvalue weighted by Gasteiger charge is -2.47. The number of unbranched alkanes of at least 4 members (excludes halogenated alkanes) is 4. The number of nitrogens with zero attached hydrogens (tertiary/aromatic N) is 1. The first-order valence-corrected chi connectivity index (χ1v) is 8.29. The number of allylic oxidation sites excluding steroid dienone is 1. The minimum atomic E-state index is -1.19. The van der Waals surface area contributed by atoms with Crippen molar-refractivity contribution in [2.45, 2.75) is 71.0 Å². The molecule has 0 aromatic carbocycles. The van der Waals surface area contributed by atoms with E-state index < -0.39 is 40.5 Å². The van der Waals surface area contributed by atoms with Gasteiger partial charge in [0.1, 0.15) is 0 Å². The van der Waals surface area contributed by atoms with Crippen molar-refractivity contribution >= 4 is 17.9 Å². The number of aliphatic carboxylic acids is 3. The van der Waals surface area contributed by atoms with Crippen molar-refractivity contribution in [1.82, 2.24) is 0 Å². The van der Waals surface area contributed by atoms with Gasteiger partial charge in [-0.1, -0.05) is 12.5 Å². The smallest absolute Gasteiger partial charge is 0.362 e. The Morgan fingerprint density at radius 1 is 0.833 bits per heavy atom. The van der Waals surface area contributed by atoms with Crippen LogP contribution in [0.1, 0.15) is 52.9 Å². The second kappa shape index (κ2) is 10.1. The van der Waals surface area contributed by atoms with Crippen molar-refractivity contribution in [3.05, 3.63) is 12.7 Å². The summed E-state index contributed by atoms with van der Waals surface area (Å²) in [6, 6.07) is -3.39. The number of rotatable bonds is 13. The normalized spacial score (nSPS) is 17.3. The molecule has 7 heteroatoms. The quantitative estimate of drug-likeness (QED) is 0.269. The van der Waals surface area contributed by atoms with Crippen LogP contribution < -0.4 is 0 Å². The highest BCUT2D eigenvalue weighted by molar-refractivity contribution is 5.77. The highest BCUT2D eigenvalue weighted by Gasteiger charge is 2.52. The third-order valence-corrected chi connectivity index (χ3v) is 4.94. The topological polar surface area (TPSA) is 112 Å². The molecule has 0 fully saturated rings. The summed E-state index contributed by atoms with van der Waals surface area (Å²) in [5, 5.41) is 28.3. The maximum Gasteiger partial charge on any atom is 0.362 e. The van der Waals surface area contributed by atoms with E-state index in [2.05, 4.69) is 6.58 Å². The predicted molar refractivity (Wildman–Crippen MR) is 89.7 cm³/mol. The van der Waals surface area contributed by atoms with Crippen molar-refractivity contribution in [2.24, 2.45) is 0 Å². The molecule has 0 aliphatic heterocycles. The summed E-state index contributed by atoms with van der Waals surface area (Å²) in [4.78, 5) is 34.7. The standard InChI is InChI=1S/C17H29NO6/c1-5-6-7-8-9-10-11-18(12(2)15(19)20,13(3)16(21)22)14(4)17(23)24/h5,12-14H,1,6-11H2,2-4H3,(H2-,19,20,21,22,23,24)/p+1. The summed E-state index contributed by atoms with van der Waals surface area (Å²) < 4.78 is -0.499. The third kappa shape index (κ3) is 5.33. The molecule has 24 heavy (non-hydrogen) atoms. The zero-order valence-corrected chi connectivity index (χ0v) is 14.8. The molecule has 0 saturated heterocycles. The Morgan fingerprint density at radius 3 is 1.54 bits per heavy atom. The van der Waals surface area contributed by atoms with Gasteiger partial charge in [-0.25, -0.2) is 14.4 Å². The fourth-order valence-corrected chi connectivity index (χ4v) is 3.23. The third-order valence-electron chi connectivity index (χ3n) is 4.94.